The van der Waals surface area contributed by atoms with Crippen LogP contribution in [0.2, 0.25) is 0 Å². The van der Waals surface area contributed by atoms with Crippen LogP contribution in [-0.4, -0.2) is 35.8 Å². The van der Waals surface area contributed by atoms with Crippen molar-refractivity contribution in [1.82, 2.24) is 4.90 Å². The van der Waals surface area contributed by atoms with Crippen molar-refractivity contribution in [2.75, 3.05) is 13.1 Å². The largest absolute Gasteiger partial charge is 0.444 e. The van der Waals surface area contributed by atoms with Gasteiger partial charge in [-0.2, -0.15) is 26.3 Å². The van der Waals surface area contributed by atoms with Crippen LogP contribution >= 0.6 is 0 Å². The Balaban J connectivity index is 1.64. The van der Waals surface area contributed by atoms with Crippen molar-refractivity contribution in [3.8, 4) is 0 Å². The van der Waals surface area contributed by atoms with Crippen molar-refractivity contribution >= 4 is 6.09 Å². The number of fused-ring (bicyclic) bond motifs is 1. The number of nitrogens with zero attached hydrogens (tertiary/aromatic N) is 1. The number of carbonyl (C=O) groups excluding carboxylic acids is 1. The SMILES string of the molecule is C[C@@H](O[C@@H]1CC[C@@H]2CN(C(=O)OC(C)(C)C)C[C@@H]2[C@H]1c1ccc(F)cc1)c1cc(C(F)(F)F)cc(C(F)(F)F)c1. The van der Waals surface area contributed by atoms with Crippen molar-refractivity contribution in [3.05, 3.63) is 70.5 Å². The average molecular weight is 576 g/mol. The van der Waals surface area contributed by atoms with Gasteiger partial charge in [0, 0.05) is 19.0 Å². The van der Waals surface area contributed by atoms with E-state index in [1.165, 1.54) is 19.1 Å². The summed E-state index contributed by atoms with van der Waals surface area (Å²) < 4.78 is 106. The van der Waals surface area contributed by atoms with E-state index in [0.717, 1.165) is 5.56 Å². The van der Waals surface area contributed by atoms with Gasteiger partial charge in [-0.05, 0) is 93.8 Å². The minimum Gasteiger partial charge on any atom is -0.444 e. The number of hydrogen-bond donors (Lipinski definition) is 0. The van der Waals surface area contributed by atoms with Crippen LogP contribution in [0.4, 0.5) is 35.5 Å². The number of halogens is 7. The van der Waals surface area contributed by atoms with E-state index in [9.17, 15) is 35.5 Å². The summed E-state index contributed by atoms with van der Waals surface area (Å²) in [5.74, 6) is -0.881. The standard InChI is InChI=1S/C29H32F7NO3/c1-16(19-11-20(28(31,32)33)13-21(12-19)29(34,35)36)39-24-10-7-18-14-37(26(38)40-27(2,3)4)15-23(18)25(24)17-5-8-22(30)9-6-17/h5-6,8-9,11-13,16,18,23-25H,7,10,14-15H2,1-4H3/t16-,18-,23+,24-,25-/m1/s1. The zero-order valence-corrected chi connectivity index (χ0v) is 22.6. The van der Waals surface area contributed by atoms with Crippen LogP contribution in [0.3, 0.4) is 0 Å². The Hall–Kier alpha value is -2.82. The van der Waals surface area contributed by atoms with E-state index in [1.54, 1.807) is 37.8 Å². The predicted octanol–water partition coefficient (Wildman–Crippen LogP) is 8.37. The third-order valence-corrected chi connectivity index (χ3v) is 7.54. The maximum Gasteiger partial charge on any atom is 0.416 e. The Morgan fingerprint density at radius 2 is 1.48 bits per heavy atom. The molecule has 40 heavy (non-hydrogen) atoms. The Labute approximate surface area is 228 Å². The molecule has 0 N–H and O–H groups in total. The number of amides is 1. The van der Waals surface area contributed by atoms with Gasteiger partial charge in [-0.25, -0.2) is 9.18 Å². The highest BCUT2D eigenvalue weighted by molar-refractivity contribution is 5.68. The molecule has 1 amide bonds. The molecule has 0 radical (unpaired) electrons. The van der Waals surface area contributed by atoms with E-state index in [0.29, 0.717) is 38.1 Å². The number of carbonyl (C=O) groups is 1. The highest BCUT2D eigenvalue weighted by Gasteiger charge is 2.48. The van der Waals surface area contributed by atoms with E-state index >= 15 is 0 Å². The molecule has 1 saturated carbocycles. The third-order valence-electron chi connectivity index (χ3n) is 7.54. The van der Waals surface area contributed by atoms with E-state index in [1.807, 2.05) is 0 Å². The van der Waals surface area contributed by atoms with Gasteiger partial charge in [-0.15, -0.1) is 0 Å². The zero-order chi connectivity index (χ0) is 29.6. The lowest BCUT2D eigenvalue weighted by Gasteiger charge is -2.41. The minimum atomic E-state index is -4.97. The molecular formula is C29H32F7NO3. The highest BCUT2D eigenvalue weighted by Crippen LogP contribution is 2.48. The molecule has 0 aromatic heterocycles. The van der Waals surface area contributed by atoms with Crippen LogP contribution in [0.15, 0.2) is 42.5 Å². The summed E-state index contributed by atoms with van der Waals surface area (Å²) in [5, 5.41) is 0. The first-order valence-electron chi connectivity index (χ1n) is 13.1. The van der Waals surface area contributed by atoms with Gasteiger partial charge in [-0.3, -0.25) is 0 Å². The Morgan fingerprint density at radius 3 is 2.00 bits per heavy atom. The van der Waals surface area contributed by atoms with Gasteiger partial charge in [0.05, 0.1) is 23.3 Å². The topological polar surface area (TPSA) is 38.8 Å². The van der Waals surface area contributed by atoms with Crippen LogP contribution in [0.5, 0.6) is 0 Å². The van der Waals surface area contributed by atoms with Crippen LogP contribution in [0.1, 0.15) is 74.8 Å². The smallest absolute Gasteiger partial charge is 0.416 e. The molecular weight excluding hydrogens is 543 g/mol. The molecule has 1 aliphatic heterocycles. The van der Waals surface area contributed by atoms with Gasteiger partial charge >= 0.3 is 18.4 Å². The van der Waals surface area contributed by atoms with Crippen LogP contribution in [-0.2, 0) is 21.8 Å². The van der Waals surface area contributed by atoms with Gasteiger partial charge in [0.25, 0.3) is 0 Å². The maximum atomic E-state index is 13.8. The normalized spacial score (nSPS) is 24.5. The molecule has 1 aliphatic carbocycles. The molecule has 220 valence electrons. The second-order valence-electron chi connectivity index (χ2n) is 11.6. The lowest BCUT2D eigenvalue weighted by Crippen LogP contribution is -2.38. The molecule has 5 atom stereocenters. The van der Waals surface area contributed by atoms with Gasteiger partial charge < -0.3 is 14.4 Å². The van der Waals surface area contributed by atoms with Crippen molar-refractivity contribution < 1.29 is 45.0 Å². The monoisotopic (exact) mass is 575 g/mol. The van der Waals surface area contributed by atoms with E-state index in [4.69, 9.17) is 9.47 Å². The summed E-state index contributed by atoms with van der Waals surface area (Å²) in [4.78, 5) is 14.4. The predicted molar refractivity (Wildman–Crippen MR) is 133 cm³/mol. The Morgan fingerprint density at radius 1 is 0.900 bits per heavy atom. The average Bonchev–Trinajstić information content (AvgIpc) is 3.27. The molecule has 2 aliphatic rings. The first-order chi connectivity index (χ1) is 18.4. The molecule has 4 rings (SSSR count). The number of likely N-dealkylation sites (tertiary alicyclic amines) is 1. The summed E-state index contributed by atoms with van der Waals surface area (Å²) in [6, 6.07) is 7.24. The molecule has 1 heterocycles. The summed E-state index contributed by atoms with van der Waals surface area (Å²) in [6.45, 7) is 7.49. The lowest BCUT2D eigenvalue weighted by atomic mass is 9.69. The van der Waals surface area contributed by atoms with Crippen molar-refractivity contribution in [3.63, 3.8) is 0 Å². The molecule has 0 spiro atoms. The van der Waals surface area contributed by atoms with Crippen molar-refractivity contribution in [1.29, 1.82) is 0 Å². The van der Waals surface area contributed by atoms with Gasteiger partial charge in [0.1, 0.15) is 11.4 Å². The fraction of sp³-hybridized carbons (Fsp3) is 0.552. The molecule has 2 aromatic carbocycles. The highest BCUT2D eigenvalue weighted by atomic mass is 19.4. The zero-order valence-electron chi connectivity index (χ0n) is 22.6. The molecule has 2 fully saturated rings. The molecule has 0 unspecified atom stereocenters. The number of alkyl halides is 6. The second-order valence-corrected chi connectivity index (χ2v) is 11.6. The third kappa shape index (κ3) is 6.90. The summed E-state index contributed by atoms with van der Waals surface area (Å²) in [5.41, 5.74) is -3.03. The lowest BCUT2D eigenvalue weighted by molar-refractivity contribution is -0.143. The summed E-state index contributed by atoms with van der Waals surface area (Å²) >= 11 is 0. The molecule has 11 heteroatoms. The van der Waals surface area contributed by atoms with E-state index < -0.39 is 53.2 Å². The van der Waals surface area contributed by atoms with E-state index in [2.05, 4.69) is 0 Å². The summed E-state index contributed by atoms with van der Waals surface area (Å²) in [6.07, 6.45) is -11.0. The maximum absolute atomic E-state index is 13.8. The fourth-order valence-electron chi connectivity index (χ4n) is 5.77. The van der Waals surface area contributed by atoms with Crippen LogP contribution < -0.4 is 0 Å². The van der Waals surface area contributed by atoms with Gasteiger partial charge in [-0.1, -0.05) is 12.1 Å². The molecule has 1 saturated heterocycles. The number of rotatable bonds is 4. The number of ether oxygens (including phenoxy) is 2. The Kier molecular flexibility index (Phi) is 8.19. The minimum absolute atomic E-state index is 0.0723. The number of hydrogen-bond acceptors (Lipinski definition) is 3. The van der Waals surface area contributed by atoms with E-state index in [-0.39, 0.29) is 29.4 Å². The van der Waals surface area contributed by atoms with Crippen molar-refractivity contribution in [2.24, 2.45) is 11.8 Å². The van der Waals surface area contributed by atoms with Crippen LogP contribution in [0, 0.1) is 17.7 Å². The van der Waals surface area contributed by atoms with Gasteiger partial charge in [0.15, 0.2) is 0 Å². The first kappa shape index (κ1) is 30.1. The van der Waals surface area contributed by atoms with Crippen molar-refractivity contribution in [2.45, 2.75) is 76.6 Å². The summed E-state index contributed by atoms with van der Waals surface area (Å²) in [7, 11) is 0. The molecule has 0 bridgehead atoms. The Bertz CT molecular complexity index is 1170. The molecule has 4 nitrogen and oxygen atoms in total. The fourth-order valence-corrected chi connectivity index (χ4v) is 5.77. The van der Waals surface area contributed by atoms with Gasteiger partial charge in [0.2, 0.25) is 0 Å². The van der Waals surface area contributed by atoms with Crippen LogP contribution in [0.25, 0.3) is 0 Å². The first-order valence-corrected chi connectivity index (χ1v) is 13.1. The second kappa shape index (κ2) is 10.9. The number of benzene rings is 2. The molecule has 2 aromatic rings. The quantitative estimate of drug-likeness (QED) is 0.344.